The van der Waals surface area contributed by atoms with Crippen molar-refractivity contribution in [3.63, 3.8) is 0 Å². The van der Waals surface area contributed by atoms with Gasteiger partial charge >= 0.3 is 0 Å². The number of aromatic nitrogens is 2. The van der Waals surface area contributed by atoms with Crippen molar-refractivity contribution in [3.05, 3.63) is 89.5 Å². The molecule has 21 heavy (non-hydrogen) atoms. The topological polar surface area (TPSA) is 34.9 Å². The maximum atomic E-state index is 10.9. The van der Waals surface area contributed by atoms with Crippen LogP contribution in [0.25, 0.3) is 0 Å². The van der Waals surface area contributed by atoms with E-state index in [1.54, 1.807) is 6.20 Å². The summed E-state index contributed by atoms with van der Waals surface area (Å²) >= 11 is 0. The molecule has 0 bridgehead atoms. The molecular weight excluding hydrogens is 260 g/mol. The summed E-state index contributed by atoms with van der Waals surface area (Å²) in [5.41, 5.74) is 3.75. The average Bonchev–Trinajstić information content (AvgIpc) is 2.97. The number of hydrogen-bond acceptors (Lipinski definition) is 2. The van der Waals surface area contributed by atoms with Crippen molar-refractivity contribution in [2.75, 3.05) is 0 Å². The van der Waals surface area contributed by atoms with E-state index in [4.69, 9.17) is 0 Å². The number of carbonyl (C=O) groups excluding carboxylic acids is 1. The molecule has 3 heteroatoms. The maximum Gasteiger partial charge on any atom is 0.185 e. The highest BCUT2D eigenvalue weighted by Crippen LogP contribution is 2.12. The van der Waals surface area contributed by atoms with Crippen LogP contribution in [-0.2, 0) is 13.0 Å². The normalized spacial score (nSPS) is 10.5. The van der Waals surface area contributed by atoms with Crippen LogP contribution in [0.1, 0.15) is 27.3 Å². The van der Waals surface area contributed by atoms with Crippen LogP contribution in [0.2, 0.25) is 0 Å². The molecule has 0 atom stereocenters. The molecule has 0 amide bonds. The van der Waals surface area contributed by atoms with Crippen LogP contribution in [0.15, 0.2) is 67.0 Å². The van der Waals surface area contributed by atoms with Gasteiger partial charge in [0, 0.05) is 18.9 Å². The quantitative estimate of drug-likeness (QED) is 0.670. The van der Waals surface area contributed by atoms with Gasteiger partial charge in [-0.1, -0.05) is 54.6 Å². The van der Waals surface area contributed by atoms with Crippen LogP contribution in [0, 0.1) is 0 Å². The zero-order valence-electron chi connectivity index (χ0n) is 11.6. The Kier molecular flexibility index (Phi) is 3.92. The Bertz CT molecular complexity index is 714. The summed E-state index contributed by atoms with van der Waals surface area (Å²) in [5.74, 6) is 0.461. The molecule has 0 saturated heterocycles. The second-order valence-corrected chi connectivity index (χ2v) is 5.01. The molecule has 0 radical (unpaired) electrons. The second-order valence-electron chi connectivity index (χ2n) is 5.01. The Balaban J connectivity index is 1.71. The molecule has 1 aromatic heterocycles. The number of carbonyl (C=O) groups is 1. The fourth-order valence-corrected chi connectivity index (χ4v) is 2.36. The predicted molar refractivity (Wildman–Crippen MR) is 82.4 cm³/mol. The first-order valence-electron chi connectivity index (χ1n) is 6.93. The third-order valence-electron chi connectivity index (χ3n) is 3.48. The molecule has 104 valence electrons. The molecule has 0 N–H and O–H groups in total. The van der Waals surface area contributed by atoms with Crippen molar-refractivity contribution < 1.29 is 4.79 Å². The Labute approximate surface area is 123 Å². The lowest BCUT2D eigenvalue weighted by molar-refractivity contribution is 0.111. The Hall–Kier alpha value is -2.68. The van der Waals surface area contributed by atoms with E-state index in [0.717, 1.165) is 18.3 Å². The van der Waals surface area contributed by atoms with Gasteiger partial charge in [0.1, 0.15) is 0 Å². The van der Waals surface area contributed by atoms with Gasteiger partial charge in [-0.05, 0) is 23.1 Å². The molecule has 0 saturated carbocycles. The molecule has 0 aliphatic heterocycles. The third kappa shape index (κ3) is 3.26. The zero-order valence-corrected chi connectivity index (χ0v) is 11.6. The third-order valence-corrected chi connectivity index (χ3v) is 3.48. The van der Waals surface area contributed by atoms with Crippen molar-refractivity contribution in [1.82, 2.24) is 9.55 Å². The van der Waals surface area contributed by atoms with Crippen LogP contribution in [0.3, 0.4) is 0 Å². The van der Waals surface area contributed by atoms with Gasteiger partial charge < -0.3 is 4.57 Å². The first-order valence-corrected chi connectivity index (χ1v) is 6.93. The number of rotatable bonds is 5. The molecular formula is C18H16N2O. The number of aldehydes is 1. The molecule has 0 aliphatic rings. The van der Waals surface area contributed by atoms with Gasteiger partial charge in [-0.3, -0.25) is 4.79 Å². The van der Waals surface area contributed by atoms with E-state index in [9.17, 15) is 4.79 Å². The maximum absolute atomic E-state index is 10.9. The van der Waals surface area contributed by atoms with Gasteiger partial charge in [-0.2, -0.15) is 0 Å². The van der Waals surface area contributed by atoms with Gasteiger partial charge in [0.15, 0.2) is 12.1 Å². The minimum atomic E-state index is 0.461. The Morgan fingerprint density at radius 2 is 1.57 bits per heavy atom. The van der Waals surface area contributed by atoms with Crippen molar-refractivity contribution >= 4 is 6.29 Å². The fourth-order valence-electron chi connectivity index (χ4n) is 2.36. The molecule has 0 spiro atoms. The van der Waals surface area contributed by atoms with E-state index in [0.29, 0.717) is 12.4 Å². The van der Waals surface area contributed by atoms with Crippen LogP contribution in [0.4, 0.5) is 0 Å². The molecule has 3 nitrogen and oxygen atoms in total. The minimum absolute atomic E-state index is 0.461. The highest BCUT2D eigenvalue weighted by atomic mass is 16.1. The molecule has 1 heterocycles. The van der Waals surface area contributed by atoms with Crippen LogP contribution >= 0.6 is 0 Å². The molecule has 3 rings (SSSR count). The van der Waals surface area contributed by atoms with E-state index in [1.165, 1.54) is 11.1 Å². The molecule has 0 aliphatic carbocycles. The summed E-state index contributed by atoms with van der Waals surface area (Å²) in [6, 6.07) is 18.9. The van der Waals surface area contributed by atoms with Gasteiger partial charge in [0.2, 0.25) is 0 Å². The number of imidazole rings is 1. The largest absolute Gasteiger partial charge is 0.324 e. The zero-order chi connectivity index (χ0) is 14.5. The lowest BCUT2D eigenvalue weighted by atomic mass is 10.0. The summed E-state index contributed by atoms with van der Waals surface area (Å²) in [6.07, 6.45) is 5.19. The first-order chi connectivity index (χ1) is 10.3. The monoisotopic (exact) mass is 276 g/mol. The van der Waals surface area contributed by atoms with Crippen molar-refractivity contribution in [3.8, 4) is 0 Å². The summed E-state index contributed by atoms with van der Waals surface area (Å²) in [4.78, 5) is 14.9. The van der Waals surface area contributed by atoms with Gasteiger partial charge in [-0.25, -0.2) is 4.98 Å². The molecule has 3 aromatic rings. The van der Waals surface area contributed by atoms with E-state index in [-0.39, 0.29) is 0 Å². The number of nitrogens with zero attached hydrogens (tertiary/aromatic N) is 2. The lowest BCUT2D eigenvalue weighted by Gasteiger charge is -2.06. The first kappa shape index (κ1) is 13.3. The van der Waals surface area contributed by atoms with Gasteiger partial charge in [0.05, 0.1) is 0 Å². The highest BCUT2D eigenvalue weighted by molar-refractivity contribution is 5.69. The Morgan fingerprint density at radius 1 is 0.905 bits per heavy atom. The van der Waals surface area contributed by atoms with Gasteiger partial charge in [0.25, 0.3) is 0 Å². The number of hydrogen-bond donors (Lipinski definition) is 0. The second kappa shape index (κ2) is 6.18. The summed E-state index contributed by atoms with van der Waals surface area (Å²) in [7, 11) is 0. The van der Waals surface area contributed by atoms with Crippen molar-refractivity contribution in [2.24, 2.45) is 0 Å². The van der Waals surface area contributed by atoms with Crippen LogP contribution in [0.5, 0.6) is 0 Å². The number of benzene rings is 2. The van der Waals surface area contributed by atoms with Gasteiger partial charge in [-0.15, -0.1) is 0 Å². The van der Waals surface area contributed by atoms with Crippen molar-refractivity contribution in [1.29, 1.82) is 0 Å². The van der Waals surface area contributed by atoms with E-state index in [2.05, 4.69) is 53.5 Å². The molecule has 0 unspecified atom stereocenters. The molecule has 2 aromatic carbocycles. The van der Waals surface area contributed by atoms with E-state index < -0.39 is 0 Å². The predicted octanol–water partition coefficient (Wildman–Crippen LogP) is 3.33. The average molecular weight is 276 g/mol. The van der Waals surface area contributed by atoms with Crippen LogP contribution in [-0.4, -0.2) is 15.8 Å². The fraction of sp³-hybridized carbons (Fsp3) is 0.111. The molecule has 0 fully saturated rings. The van der Waals surface area contributed by atoms with Crippen LogP contribution < -0.4 is 0 Å². The summed E-state index contributed by atoms with van der Waals surface area (Å²) in [5, 5.41) is 0. The minimum Gasteiger partial charge on any atom is -0.324 e. The standard InChI is InChI=1S/C18H16N2O/c21-14-18-19-10-11-20(18)13-17-8-6-16(7-9-17)12-15-4-2-1-3-5-15/h1-11,14H,12-13H2. The van der Waals surface area contributed by atoms with E-state index in [1.807, 2.05) is 16.8 Å². The SMILES string of the molecule is O=Cc1nccn1Cc1ccc(Cc2ccccc2)cc1. The summed E-state index contributed by atoms with van der Waals surface area (Å²) in [6.45, 7) is 0.666. The highest BCUT2D eigenvalue weighted by Gasteiger charge is 2.02. The summed E-state index contributed by atoms with van der Waals surface area (Å²) < 4.78 is 1.85. The smallest absolute Gasteiger partial charge is 0.185 e. The van der Waals surface area contributed by atoms with E-state index >= 15 is 0 Å². The Morgan fingerprint density at radius 3 is 2.29 bits per heavy atom. The lowest BCUT2D eigenvalue weighted by Crippen LogP contribution is -2.03. The van der Waals surface area contributed by atoms with Crippen molar-refractivity contribution in [2.45, 2.75) is 13.0 Å².